The van der Waals surface area contributed by atoms with Gasteiger partial charge in [-0.2, -0.15) is 0 Å². The van der Waals surface area contributed by atoms with E-state index >= 15 is 0 Å². The minimum absolute atomic E-state index is 0. The second kappa shape index (κ2) is 6.37. The van der Waals surface area contributed by atoms with Crippen LogP contribution in [0.5, 0.6) is 0 Å². The molecule has 1 aliphatic rings. The van der Waals surface area contributed by atoms with Gasteiger partial charge in [0.15, 0.2) is 0 Å². The van der Waals surface area contributed by atoms with Gasteiger partial charge in [0.25, 0.3) is 0 Å². The monoisotopic (exact) mass is 234 g/mol. The lowest BCUT2D eigenvalue weighted by Crippen LogP contribution is -2.35. The molecule has 3 heteroatoms. The van der Waals surface area contributed by atoms with Crippen molar-refractivity contribution >= 4 is 18.4 Å². The molecule has 1 rings (SSSR count). The van der Waals surface area contributed by atoms with Crippen LogP contribution >= 0.6 is 12.4 Å². The Hall–Kier alpha value is -0.240. The Balaban J connectivity index is 0.00000196. The maximum atomic E-state index is 11.0. The van der Waals surface area contributed by atoms with E-state index in [9.17, 15) is 4.79 Å². The molecule has 0 aromatic rings. The molecule has 1 fully saturated rings. The van der Waals surface area contributed by atoms with Crippen LogP contribution in [-0.2, 0) is 9.53 Å². The fourth-order valence-electron chi connectivity index (χ4n) is 2.46. The lowest BCUT2D eigenvalue weighted by molar-refractivity contribution is -0.153. The summed E-state index contributed by atoms with van der Waals surface area (Å²) in [5.41, 5.74) is 0. The van der Waals surface area contributed by atoms with Gasteiger partial charge in [-0.25, -0.2) is 0 Å². The maximum Gasteiger partial charge on any atom is 0.302 e. The van der Waals surface area contributed by atoms with E-state index in [1.807, 2.05) is 0 Å². The van der Waals surface area contributed by atoms with Crippen LogP contribution in [-0.4, -0.2) is 12.1 Å². The minimum atomic E-state index is -0.130. The lowest BCUT2D eigenvalue weighted by Gasteiger charge is -2.36. The summed E-state index contributed by atoms with van der Waals surface area (Å²) in [5.74, 6) is 1.76. The van der Waals surface area contributed by atoms with E-state index < -0.39 is 0 Å². The quantitative estimate of drug-likeness (QED) is 0.685. The molecule has 1 aliphatic carbocycles. The number of hydrogen-bond acceptors (Lipinski definition) is 2. The SMILES string of the molecule is CC(=O)O[C@@H]1C[C@H](C)CC[C@H]1C(C)C.Cl. The molecule has 0 aromatic carbocycles. The first-order valence-corrected chi connectivity index (χ1v) is 5.68. The zero-order chi connectivity index (χ0) is 10.7. The molecule has 0 N–H and O–H groups in total. The van der Waals surface area contributed by atoms with Crippen molar-refractivity contribution in [2.75, 3.05) is 0 Å². The first-order valence-electron chi connectivity index (χ1n) is 5.68. The molecule has 0 bridgehead atoms. The summed E-state index contributed by atoms with van der Waals surface area (Å²) in [4.78, 5) is 11.0. The van der Waals surface area contributed by atoms with Crippen LogP contribution in [0.25, 0.3) is 0 Å². The summed E-state index contributed by atoms with van der Waals surface area (Å²) in [5, 5.41) is 0. The number of carbonyl (C=O) groups excluding carboxylic acids is 1. The summed E-state index contributed by atoms with van der Waals surface area (Å²) in [6.45, 7) is 8.19. The summed E-state index contributed by atoms with van der Waals surface area (Å²) >= 11 is 0. The molecule has 0 aliphatic heterocycles. The fourth-order valence-corrected chi connectivity index (χ4v) is 2.46. The Bertz CT molecular complexity index is 204. The van der Waals surface area contributed by atoms with Crippen molar-refractivity contribution in [1.29, 1.82) is 0 Å². The van der Waals surface area contributed by atoms with Gasteiger partial charge in [0.2, 0.25) is 0 Å². The molecule has 1 saturated carbocycles. The van der Waals surface area contributed by atoms with Crippen LogP contribution in [0.2, 0.25) is 0 Å². The second-order valence-corrected chi connectivity index (χ2v) is 4.97. The van der Waals surface area contributed by atoms with E-state index in [0.717, 1.165) is 6.42 Å². The highest BCUT2D eigenvalue weighted by molar-refractivity contribution is 5.85. The second-order valence-electron chi connectivity index (χ2n) is 4.97. The van der Waals surface area contributed by atoms with Gasteiger partial charge in [-0.3, -0.25) is 4.79 Å². The smallest absolute Gasteiger partial charge is 0.302 e. The van der Waals surface area contributed by atoms with Crippen molar-refractivity contribution < 1.29 is 9.53 Å². The zero-order valence-corrected chi connectivity index (χ0v) is 11.0. The van der Waals surface area contributed by atoms with Crippen LogP contribution < -0.4 is 0 Å². The number of rotatable bonds is 2. The molecule has 0 heterocycles. The van der Waals surface area contributed by atoms with Gasteiger partial charge in [0.05, 0.1) is 0 Å². The van der Waals surface area contributed by atoms with Gasteiger partial charge in [-0.1, -0.05) is 27.2 Å². The van der Waals surface area contributed by atoms with Crippen molar-refractivity contribution in [3.05, 3.63) is 0 Å². The molecular formula is C12H23ClO2. The van der Waals surface area contributed by atoms with Crippen LogP contribution in [0.3, 0.4) is 0 Å². The molecule has 0 spiro atoms. The van der Waals surface area contributed by atoms with Crippen molar-refractivity contribution in [3.63, 3.8) is 0 Å². The summed E-state index contributed by atoms with van der Waals surface area (Å²) in [7, 11) is 0. The van der Waals surface area contributed by atoms with E-state index in [4.69, 9.17) is 4.74 Å². The highest BCUT2D eigenvalue weighted by Gasteiger charge is 2.32. The summed E-state index contributed by atoms with van der Waals surface area (Å²) in [6.07, 6.45) is 3.69. The Morgan fingerprint density at radius 1 is 1.33 bits per heavy atom. The maximum absolute atomic E-state index is 11.0. The van der Waals surface area contributed by atoms with Crippen LogP contribution in [0.15, 0.2) is 0 Å². The van der Waals surface area contributed by atoms with Crippen LogP contribution in [0.1, 0.15) is 47.0 Å². The predicted molar refractivity (Wildman–Crippen MR) is 64.1 cm³/mol. The van der Waals surface area contributed by atoms with Crippen molar-refractivity contribution in [3.8, 4) is 0 Å². The molecule has 90 valence electrons. The fraction of sp³-hybridized carbons (Fsp3) is 0.917. The Morgan fingerprint density at radius 3 is 2.40 bits per heavy atom. The normalized spacial score (nSPS) is 30.9. The molecule has 0 amide bonds. The van der Waals surface area contributed by atoms with E-state index in [-0.39, 0.29) is 24.5 Å². The van der Waals surface area contributed by atoms with E-state index in [0.29, 0.717) is 17.8 Å². The average molecular weight is 235 g/mol. The number of ether oxygens (including phenoxy) is 1. The first-order chi connectivity index (χ1) is 6.50. The van der Waals surface area contributed by atoms with Crippen LogP contribution in [0, 0.1) is 17.8 Å². The number of carbonyl (C=O) groups is 1. The number of esters is 1. The molecule has 2 nitrogen and oxygen atoms in total. The van der Waals surface area contributed by atoms with Gasteiger partial charge < -0.3 is 4.74 Å². The third-order valence-electron chi connectivity index (χ3n) is 3.28. The molecular weight excluding hydrogens is 212 g/mol. The van der Waals surface area contributed by atoms with Crippen molar-refractivity contribution in [2.24, 2.45) is 17.8 Å². The molecule has 15 heavy (non-hydrogen) atoms. The van der Waals surface area contributed by atoms with Crippen molar-refractivity contribution in [1.82, 2.24) is 0 Å². The van der Waals surface area contributed by atoms with E-state index in [1.165, 1.54) is 19.8 Å². The average Bonchev–Trinajstić information content (AvgIpc) is 2.01. The molecule has 3 atom stereocenters. The van der Waals surface area contributed by atoms with E-state index in [1.54, 1.807) is 0 Å². The highest BCUT2D eigenvalue weighted by Crippen LogP contribution is 2.35. The minimum Gasteiger partial charge on any atom is -0.462 e. The van der Waals surface area contributed by atoms with E-state index in [2.05, 4.69) is 20.8 Å². The largest absolute Gasteiger partial charge is 0.462 e. The van der Waals surface area contributed by atoms with Gasteiger partial charge in [0, 0.05) is 6.92 Å². The number of hydrogen-bond donors (Lipinski definition) is 0. The number of halogens is 1. The topological polar surface area (TPSA) is 26.3 Å². The Morgan fingerprint density at radius 2 is 1.93 bits per heavy atom. The van der Waals surface area contributed by atoms with Crippen molar-refractivity contribution in [2.45, 2.75) is 53.1 Å². The van der Waals surface area contributed by atoms with Gasteiger partial charge in [-0.15, -0.1) is 12.4 Å². The Kier molecular flexibility index (Phi) is 6.26. The summed E-state index contributed by atoms with van der Waals surface area (Å²) < 4.78 is 5.40. The molecule has 0 radical (unpaired) electrons. The standard InChI is InChI=1S/C12H22O2.ClH/c1-8(2)11-6-5-9(3)7-12(11)14-10(4)13;/h8-9,11-12H,5-7H2,1-4H3;1H/t9-,11+,12-;/m1./s1. The first kappa shape index (κ1) is 14.8. The Labute approximate surface area is 99.2 Å². The predicted octanol–water partition coefficient (Wildman–Crippen LogP) is 3.43. The third kappa shape index (κ3) is 4.42. The van der Waals surface area contributed by atoms with Gasteiger partial charge in [-0.05, 0) is 30.6 Å². The van der Waals surface area contributed by atoms with Gasteiger partial charge in [0.1, 0.15) is 6.10 Å². The summed E-state index contributed by atoms with van der Waals surface area (Å²) in [6, 6.07) is 0. The highest BCUT2D eigenvalue weighted by atomic mass is 35.5. The third-order valence-corrected chi connectivity index (χ3v) is 3.28. The zero-order valence-electron chi connectivity index (χ0n) is 10.2. The molecule has 0 aromatic heterocycles. The van der Waals surface area contributed by atoms with Gasteiger partial charge >= 0.3 is 5.97 Å². The lowest BCUT2D eigenvalue weighted by atomic mass is 9.75. The molecule has 0 unspecified atom stereocenters. The molecule has 0 saturated heterocycles. The van der Waals surface area contributed by atoms with Crippen LogP contribution in [0.4, 0.5) is 0 Å².